The molecule has 0 bridgehead atoms. The second-order valence-electron chi connectivity index (χ2n) is 7.51. The van der Waals surface area contributed by atoms with Gasteiger partial charge >= 0.3 is 0 Å². The molecule has 2 aromatic carbocycles. The van der Waals surface area contributed by atoms with Crippen molar-refractivity contribution >= 4 is 22.7 Å². The van der Waals surface area contributed by atoms with Crippen LogP contribution >= 0.6 is 0 Å². The lowest BCUT2D eigenvalue weighted by Gasteiger charge is -2.29. The predicted molar refractivity (Wildman–Crippen MR) is 110 cm³/mol. The van der Waals surface area contributed by atoms with Gasteiger partial charge < -0.3 is 15.2 Å². The van der Waals surface area contributed by atoms with Crippen molar-refractivity contribution in [2.24, 2.45) is 0 Å². The van der Waals surface area contributed by atoms with Crippen molar-refractivity contribution < 1.29 is 14.0 Å². The smallest absolute Gasteiger partial charge is 0.256 e. The second-order valence-corrected chi connectivity index (χ2v) is 7.51. The molecule has 2 N–H and O–H groups in total. The summed E-state index contributed by atoms with van der Waals surface area (Å²) in [6, 6.07) is 12.2. The molecular formula is C23H24FN3O2. The van der Waals surface area contributed by atoms with Gasteiger partial charge in [0, 0.05) is 42.3 Å². The number of halogens is 1. The maximum absolute atomic E-state index is 14.4. The molecule has 0 spiro atoms. The van der Waals surface area contributed by atoms with Gasteiger partial charge in [-0.3, -0.25) is 9.59 Å². The molecule has 29 heavy (non-hydrogen) atoms. The van der Waals surface area contributed by atoms with E-state index in [4.69, 9.17) is 0 Å². The molecule has 0 aliphatic heterocycles. The number of carbonyl (C=O) groups excluding carboxylic acids is 2. The molecule has 4 rings (SSSR count). The van der Waals surface area contributed by atoms with Crippen LogP contribution in [0.2, 0.25) is 0 Å². The normalized spacial score (nSPS) is 14.3. The van der Waals surface area contributed by atoms with E-state index in [0.29, 0.717) is 28.6 Å². The lowest BCUT2D eigenvalue weighted by atomic mass is 10.1. The predicted octanol–water partition coefficient (Wildman–Crippen LogP) is 4.25. The summed E-state index contributed by atoms with van der Waals surface area (Å²) < 4.78 is 14.4. The summed E-state index contributed by atoms with van der Waals surface area (Å²) in [5.41, 5.74) is 2.51. The molecule has 1 aliphatic carbocycles. The quantitative estimate of drug-likeness (QED) is 0.681. The van der Waals surface area contributed by atoms with E-state index in [2.05, 4.69) is 10.3 Å². The number of nitrogens with zero attached hydrogens (tertiary/aromatic N) is 1. The van der Waals surface area contributed by atoms with Crippen LogP contribution in [0.4, 0.5) is 4.39 Å². The first-order valence-electron chi connectivity index (χ1n) is 9.96. The highest BCUT2D eigenvalue weighted by Gasteiger charge is 2.29. The van der Waals surface area contributed by atoms with Gasteiger partial charge in [-0.15, -0.1) is 0 Å². The van der Waals surface area contributed by atoms with Crippen LogP contribution in [0.1, 0.15) is 52.0 Å². The van der Waals surface area contributed by atoms with Crippen molar-refractivity contribution in [3.8, 4) is 0 Å². The summed E-state index contributed by atoms with van der Waals surface area (Å²) in [5, 5.41) is 2.95. The average Bonchev–Trinajstić information content (AvgIpc) is 3.42. The number of fused-ring (bicyclic) bond motifs is 1. The molecule has 1 aliphatic rings. The number of nitrogens with one attached hydrogen (secondary N) is 2. The third-order valence-electron chi connectivity index (χ3n) is 5.71. The van der Waals surface area contributed by atoms with Gasteiger partial charge in [-0.1, -0.05) is 31.0 Å². The Morgan fingerprint density at radius 2 is 1.86 bits per heavy atom. The minimum Gasteiger partial charge on any atom is -0.360 e. The van der Waals surface area contributed by atoms with Crippen molar-refractivity contribution in [2.45, 2.75) is 38.3 Å². The molecule has 1 heterocycles. The highest BCUT2D eigenvalue weighted by Crippen LogP contribution is 2.29. The van der Waals surface area contributed by atoms with Crippen molar-refractivity contribution in [1.82, 2.24) is 15.2 Å². The van der Waals surface area contributed by atoms with Crippen LogP contribution in [-0.2, 0) is 6.54 Å². The molecule has 0 radical (unpaired) electrons. The second kappa shape index (κ2) is 8.07. The molecule has 2 amide bonds. The van der Waals surface area contributed by atoms with E-state index in [0.717, 1.165) is 31.2 Å². The van der Waals surface area contributed by atoms with Crippen molar-refractivity contribution in [1.29, 1.82) is 0 Å². The van der Waals surface area contributed by atoms with Crippen LogP contribution in [-0.4, -0.2) is 34.8 Å². The van der Waals surface area contributed by atoms with Gasteiger partial charge in [-0.2, -0.15) is 0 Å². The van der Waals surface area contributed by atoms with Crippen molar-refractivity contribution in [2.75, 3.05) is 7.05 Å². The first-order chi connectivity index (χ1) is 14.1. The number of aromatic nitrogens is 1. The zero-order chi connectivity index (χ0) is 20.4. The summed E-state index contributed by atoms with van der Waals surface area (Å²) in [7, 11) is 1.59. The standard InChI is InChI=1S/C23H24FN3O2/c1-25-22(28)16-11-9-15(10-12-16)14-27(17-5-2-3-6-17)23(29)18-13-26-20-8-4-7-19(24)21(18)20/h4,7-13,17,26H,2-3,5-6,14H2,1H3,(H,25,28). The maximum Gasteiger partial charge on any atom is 0.256 e. The number of amides is 2. The topological polar surface area (TPSA) is 65.2 Å². The summed E-state index contributed by atoms with van der Waals surface area (Å²) >= 11 is 0. The number of aromatic amines is 1. The Labute approximate surface area is 168 Å². The summed E-state index contributed by atoms with van der Waals surface area (Å²) in [4.78, 5) is 30.1. The molecule has 150 valence electrons. The van der Waals surface area contributed by atoms with Gasteiger partial charge in [-0.25, -0.2) is 4.39 Å². The highest BCUT2D eigenvalue weighted by molar-refractivity contribution is 6.07. The average molecular weight is 393 g/mol. The SMILES string of the molecule is CNC(=O)c1ccc(CN(C(=O)c2c[nH]c3cccc(F)c23)C2CCCC2)cc1. The lowest BCUT2D eigenvalue weighted by Crippen LogP contribution is -2.38. The number of H-pyrrole nitrogens is 1. The molecule has 1 saturated carbocycles. The van der Waals surface area contributed by atoms with E-state index < -0.39 is 5.82 Å². The van der Waals surface area contributed by atoms with E-state index in [1.165, 1.54) is 6.07 Å². The molecule has 1 aromatic heterocycles. The summed E-state index contributed by atoms with van der Waals surface area (Å²) in [6.07, 6.45) is 5.69. The Balaban J connectivity index is 1.65. The monoisotopic (exact) mass is 393 g/mol. The van der Waals surface area contributed by atoms with Crippen LogP contribution in [0.25, 0.3) is 10.9 Å². The number of hydrogen-bond acceptors (Lipinski definition) is 2. The molecule has 0 atom stereocenters. The van der Waals surface area contributed by atoms with Crippen LogP contribution < -0.4 is 5.32 Å². The van der Waals surface area contributed by atoms with Gasteiger partial charge in [0.1, 0.15) is 5.82 Å². The van der Waals surface area contributed by atoms with Crippen LogP contribution in [0.15, 0.2) is 48.7 Å². The van der Waals surface area contributed by atoms with Crippen molar-refractivity contribution in [3.05, 3.63) is 71.2 Å². The van der Waals surface area contributed by atoms with Gasteiger partial charge in [0.2, 0.25) is 0 Å². The molecule has 5 nitrogen and oxygen atoms in total. The number of rotatable bonds is 5. The molecule has 0 unspecified atom stereocenters. The van der Waals surface area contributed by atoms with Gasteiger partial charge in [0.15, 0.2) is 0 Å². The zero-order valence-corrected chi connectivity index (χ0v) is 16.4. The van der Waals surface area contributed by atoms with Crippen LogP contribution in [0, 0.1) is 5.82 Å². The Bertz CT molecular complexity index is 1040. The first-order valence-corrected chi connectivity index (χ1v) is 9.96. The van der Waals surface area contributed by atoms with Crippen molar-refractivity contribution in [3.63, 3.8) is 0 Å². The molecular weight excluding hydrogens is 369 g/mol. The Morgan fingerprint density at radius 3 is 2.55 bits per heavy atom. The first kappa shape index (κ1) is 19.2. The fraction of sp³-hybridized carbons (Fsp3) is 0.304. The summed E-state index contributed by atoms with van der Waals surface area (Å²) in [6.45, 7) is 0.429. The third-order valence-corrected chi connectivity index (χ3v) is 5.71. The minimum absolute atomic E-state index is 0.137. The third kappa shape index (κ3) is 3.75. The number of benzene rings is 2. The molecule has 1 fully saturated rings. The molecule has 0 saturated heterocycles. The summed E-state index contributed by atoms with van der Waals surface area (Å²) in [5.74, 6) is -0.702. The molecule has 6 heteroatoms. The Hall–Kier alpha value is -3.15. The van der Waals surface area contributed by atoms with Crippen LogP contribution in [0.5, 0.6) is 0 Å². The van der Waals surface area contributed by atoms with E-state index in [-0.39, 0.29) is 17.9 Å². The van der Waals surface area contributed by atoms with Gasteiger partial charge in [-0.05, 0) is 42.7 Å². The maximum atomic E-state index is 14.4. The van der Waals surface area contributed by atoms with E-state index in [1.54, 1.807) is 37.5 Å². The van der Waals surface area contributed by atoms with E-state index in [9.17, 15) is 14.0 Å². The van der Waals surface area contributed by atoms with Crippen LogP contribution in [0.3, 0.4) is 0 Å². The highest BCUT2D eigenvalue weighted by atomic mass is 19.1. The lowest BCUT2D eigenvalue weighted by molar-refractivity contribution is 0.0666. The Kier molecular flexibility index (Phi) is 5.34. The van der Waals surface area contributed by atoms with E-state index in [1.807, 2.05) is 17.0 Å². The number of hydrogen-bond donors (Lipinski definition) is 2. The van der Waals surface area contributed by atoms with Gasteiger partial charge in [0.05, 0.1) is 5.56 Å². The zero-order valence-electron chi connectivity index (χ0n) is 16.4. The Morgan fingerprint density at radius 1 is 1.14 bits per heavy atom. The molecule has 3 aromatic rings. The largest absolute Gasteiger partial charge is 0.360 e. The number of carbonyl (C=O) groups is 2. The fourth-order valence-electron chi connectivity index (χ4n) is 4.15. The fourth-order valence-corrected chi connectivity index (χ4v) is 4.15. The van der Waals surface area contributed by atoms with Gasteiger partial charge in [0.25, 0.3) is 11.8 Å². The van der Waals surface area contributed by atoms with E-state index >= 15 is 0 Å². The minimum atomic E-state index is -0.395.